The molecule has 0 saturated carbocycles. The van der Waals surface area contributed by atoms with Crippen LogP contribution in [0.2, 0.25) is 0 Å². The molecule has 1 aromatic rings. The quantitative estimate of drug-likeness (QED) is 0.564. The van der Waals surface area contributed by atoms with Crippen molar-refractivity contribution in [3.8, 4) is 0 Å². The van der Waals surface area contributed by atoms with Gasteiger partial charge in [0, 0.05) is 12.6 Å². The lowest BCUT2D eigenvalue weighted by molar-refractivity contribution is 0.491. The summed E-state index contributed by atoms with van der Waals surface area (Å²) in [4.78, 5) is 0. The highest BCUT2D eigenvalue weighted by Crippen LogP contribution is 2.30. The van der Waals surface area contributed by atoms with Crippen LogP contribution in [0.5, 0.6) is 0 Å². The van der Waals surface area contributed by atoms with Crippen LogP contribution >= 0.6 is 0 Å². The third-order valence-electron chi connectivity index (χ3n) is 1.83. The van der Waals surface area contributed by atoms with E-state index in [2.05, 4.69) is 5.32 Å². The van der Waals surface area contributed by atoms with Crippen molar-refractivity contribution in [1.29, 1.82) is 0 Å². The summed E-state index contributed by atoms with van der Waals surface area (Å²) in [7, 11) is 1.34. The summed E-state index contributed by atoms with van der Waals surface area (Å²) in [5.74, 6) is -3.29. The van der Waals surface area contributed by atoms with Crippen LogP contribution < -0.4 is 11.1 Å². The van der Waals surface area contributed by atoms with Gasteiger partial charge in [0.15, 0.2) is 17.5 Å². The Labute approximate surface area is 87.3 Å². The van der Waals surface area contributed by atoms with Crippen LogP contribution in [0.25, 0.3) is 0 Å². The lowest BCUT2D eigenvalue weighted by Gasteiger charge is -2.10. The molecule has 0 radical (unpaired) electrons. The van der Waals surface area contributed by atoms with Crippen LogP contribution in [0, 0.1) is 24.4 Å². The van der Waals surface area contributed by atoms with Crippen molar-refractivity contribution in [3.05, 3.63) is 23.0 Å². The Hall–Kier alpha value is -1.39. The largest absolute Gasteiger partial charge is 0.395 e. The number of hydrogen-bond donors (Lipinski definition) is 2. The average molecular weight is 220 g/mol. The van der Waals surface area contributed by atoms with Crippen LogP contribution in [0.3, 0.4) is 0 Å². The minimum absolute atomic E-state index is 0.347. The van der Waals surface area contributed by atoms with Gasteiger partial charge in [-0.25, -0.2) is 13.2 Å². The zero-order chi connectivity index (χ0) is 12.2. The van der Waals surface area contributed by atoms with E-state index in [4.69, 9.17) is 5.73 Å². The first-order chi connectivity index (χ1) is 7.00. The van der Waals surface area contributed by atoms with E-state index in [-0.39, 0.29) is 5.69 Å². The molecular weight excluding hydrogens is 205 g/mol. The SMILES string of the molecule is CC.CNc1c(N)c(F)c(C)c(F)c1F. The van der Waals surface area contributed by atoms with Gasteiger partial charge in [-0.1, -0.05) is 13.8 Å². The molecule has 0 atom stereocenters. The second-order valence-corrected chi connectivity index (χ2v) is 2.61. The third kappa shape index (κ3) is 2.34. The number of benzene rings is 1. The molecule has 15 heavy (non-hydrogen) atoms. The van der Waals surface area contributed by atoms with Gasteiger partial charge in [0.25, 0.3) is 0 Å². The molecule has 1 rings (SSSR count). The van der Waals surface area contributed by atoms with E-state index in [1.807, 2.05) is 13.8 Å². The molecule has 0 unspecified atom stereocenters. The Morgan fingerprint density at radius 3 is 1.87 bits per heavy atom. The monoisotopic (exact) mass is 220 g/mol. The van der Waals surface area contributed by atoms with E-state index in [1.54, 1.807) is 0 Å². The molecule has 2 nitrogen and oxygen atoms in total. The van der Waals surface area contributed by atoms with Gasteiger partial charge in [0.05, 0.1) is 11.4 Å². The molecule has 0 aliphatic rings. The Bertz CT molecular complexity index is 322. The topological polar surface area (TPSA) is 38.0 Å². The molecule has 0 aliphatic heterocycles. The maximum atomic E-state index is 13.0. The first-order valence-electron chi connectivity index (χ1n) is 4.61. The molecule has 0 bridgehead atoms. The molecule has 1 aromatic carbocycles. The van der Waals surface area contributed by atoms with E-state index in [0.29, 0.717) is 0 Å². The second kappa shape index (κ2) is 5.48. The molecular formula is C10H15F3N2. The predicted molar refractivity (Wildman–Crippen MR) is 56.4 cm³/mol. The first kappa shape index (κ1) is 13.6. The lowest BCUT2D eigenvalue weighted by atomic mass is 10.1. The number of nitrogens with one attached hydrogen (secondary N) is 1. The third-order valence-corrected chi connectivity index (χ3v) is 1.83. The van der Waals surface area contributed by atoms with Crippen molar-refractivity contribution in [2.45, 2.75) is 20.8 Å². The number of nitrogens with two attached hydrogens (primary N) is 1. The fourth-order valence-corrected chi connectivity index (χ4v) is 1.05. The summed E-state index contributed by atoms with van der Waals surface area (Å²) < 4.78 is 39.0. The lowest BCUT2D eigenvalue weighted by Crippen LogP contribution is -2.06. The molecule has 0 aliphatic carbocycles. The van der Waals surface area contributed by atoms with Crippen molar-refractivity contribution < 1.29 is 13.2 Å². The number of halogens is 3. The molecule has 0 heterocycles. The van der Waals surface area contributed by atoms with Gasteiger partial charge in [-0.15, -0.1) is 0 Å². The Morgan fingerprint density at radius 2 is 1.47 bits per heavy atom. The van der Waals surface area contributed by atoms with Gasteiger partial charge < -0.3 is 11.1 Å². The molecule has 0 fully saturated rings. The van der Waals surface area contributed by atoms with Crippen LogP contribution in [0.15, 0.2) is 0 Å². The summed E-state index contributed by atoms with van der Waals surface area (Å²) in [5, 5.41) is 2.29. The van der Waals surface area contributed by atoms with E-state index in [0.717, 1.165) is 6.92 Å². The standard InChI is InChI=1S/C8H9F3N2.C2H6/c1-3-4(9)6(11)8(13-2)7(12)5(3)10;1-2/h13H,12H2,1-2H3;1-2H3. The first-order valence-corrected chi connectivity index (χ1v) is 4.61. The highest BCUT2D eigenvalue weighted by molar-refractivity contribution is 5.68. The number of nitrogen functional groups attached to an aromatic ring is 1. The van der Waals surface area contributed by atoms with Crippen molar-refractivity contribution in [3.63, 3.8) is 0 Å². The van der Waals surface area contributed by atoms with Gasteiger partial charge in [0.2, 0.25) is 0 Å². The summed E-state index contributed by atoms with van der Waals surface area (Å²) >= 11 is 0. The van der Waals surface area contributed by atoms with Gasteiger partial charge in [0.1, 0.15) is 0 Å². The summed E-state index contributed by atoms with van der Waals surface area (Å²) in [6, 6.07) is 0. The molecule has 0 spiro atoms. The predicted octanol–water partition coefficient (Wildman–Crippen LogP) is 3.06. The Morgan fingerprint density at radius 1 is 1.00 bits per heavy atom. The van der Waals surface area contributed by atoms with Gasteiger partial charge >= 0.3 is 0 Å². The second-order valence-electron chi connectivity index (χ2n) is 2.61. The normalized spacial score (nSPS) is 9.27. The van der Waals surface area contributed by atoms with Crippen molar-refractivity contribution in [1.82, 2.24) is 0 Å². The Kier molecular flexibility index (Phi) is 4.97. The van der Waals surface area contributed by atoms with Crippen molar-refractivity contribution in [2.75, 3.05) is 18.1 Å². The maximum absolute atomic E-state index is 13.0. The van der Waals surface area contributed by atoms with E-state index in [9.17, 15) is 13.2 Å². The zero-order valence-electron chi connectivity index (χ0n) is 9.21. The fraction of sp³-hybridized carbons (Fsp3) is 0.400. The number of rotatable bonds is 1. The van der Waals surface area contributed by atoms with Crippen LogP contribution in [-0.4, -0.2) is 7.05 Å². The molecule has 86 valence electrons. The minimum Gasteiger partial charge on any atom is -0.395 e. The van der Waals surface area contributed by atoms with Crippen molar-refractivity contribution >= 4 is 11.4 Å². The maximum Gasteiger partial charge on any atom is 0.184 e. The van der Waals surface area contributed by atoms with Crippen LogP contribution in [-0.2, 0) is 0 Å². The molecule has 0 aromatic heterocycles. The minimum atomic E-state index is -1.21. The van der Waals surface area contributed by atoms with E-state index < -0.39 is 28.7 Å². The van der Waals surface area contributed by atoms with Gasteiger partial charge in [-0.3, -0.25) is 0 Å². The summed E-state index contributed by atoms with van der Waals surface area (Å²) in [5.41, 5.74) is 4.06. The highest BCUT2D eigenvalue weighted by atomic mass is 19.2. The van der Waals surface area contributed by atoms with Gasteiger partial charge in [-0.2, -0.15) is 0 Å². The summed E-state index contributed by atoms with van der Waals surface area (Å²) in [6.45, 7) is 5.13. The number of hydrogen-bond acceptors (Lipinski definition) is 2. The van der Waals surface area contributed by atoms with E-state index in [1.165, 1.54) is 7.05 Å². The van der Waals surface area contributed by atoms with Crippen LogP contribution in [0.4, 0.5) is 24.5 Å². The van der Waals surface area contributed by atoms with E-state index >= 15 is 0 Å². The molecule has 5 heteroatoms. The number of anilines is 2. The molecule has 0 saturated heterocycles. The highest BCUT2D eigenvalue weighted by Gasteiger charge is 2.19. The Balaban J connectivity index is 0.000000921. The smallest absolute Gasteiger partial charge is 0.184 e. The zero-order valence-corrected chi connectivity index (χ0v) is 9.21. The molecule has 3 N–H and O–H groups in total. The molecule has 0 amide bonds. The fourth-order valence-electron chi connectivity index (χ4n) is 1.05. The van der Waals surface area contributed by atoms with Crippen LogP contribution in [0.1, 0.15) is 19.4 Å². The average Bonchev–Trinajstić information content (AvgIpc) is 2.27. The summed E-state index contributed by atoms with van der Waals surface area (Å²) in [6.07, 6.45) is 0. The van der Waals surface area contributed by atoms with Gasteiger partial charge in [-0.05, 0) is 6.92 Å². The van der Waals surface area contributed by atoms with Crippen molar-refractivity contribution in [2.24, 2.45) is 0 Å².